The van der Waals surface area contributed by atoms with E-state index in [4.69, 9.17) is 0 Å². The zero-order valence-electron chi connectivity index (χ0n) is 5.51. The van der Waals surface area contributed by atoms with Crippen LogP contribution in [0.25, 0.3) is 0 Å². The van der Waals surface area contributed by atoms with E-state index in [1.165, 1.54) is 6.92 Å². The van der Waals surface area contributed by atoms with E-state index >= 15 is 0 Å². The molecule has 0 spiro atoms. The average Bonchev–Trinajstić information content (AvgIpc) is 1.82. The monoisotopic (exact) mass is 144 g/mol. The molecule has 0 heterocycles. The first kappa shape index (κ1) is 8.48. The molecule has 0 fully saturated rings. The maximum Gasteiger partial charge on any atom is 0.358 e. The smallest absolute Gasteiger partial charge is 0.349 e. The third-order valence-corrected chi connectivity index (χ3v) is 0.593. The van der Waals surface area contributed by atoms with Crippen LogP contribution in [0.2, 0.25) is 0 Å². The molecule has 0 atom stereocenters. The highest BCUT2D eigenvalue weighted by atomic mass is 16.7. The Bertz CT molecular complexity index is 176. The van der Waals surface area contributed by atoms with Crippen LogP contribution >= 0.6 is 0 Å². The predicted octanol–water partition coefficient (Wildman–Crippen LogP) is -0.311. The van der Waals surface area contributed by atoms with E-state index in [2.05, 4.69) is 17.2 Å². The van der Waals surface area contributed by atoms with Crippen molar-refractivity contribution < 1.29 is 14.4 Å². The minimum atomic E-state index is -0.922. The van der Waals surface area contributed by atoms with Gasteiger partial charge in [0, 0.05) is 5.57 Å². The number of amides is 2. The molecule has 5 nitrogen and oxygen atoms in total. The number of primary amides is 1. The number of carbonyl (C=O) groups excluding carboxylic acids is 2. The van der Waals surface area contributed by atoms with Gasteiger partial charge in [-0.05, 0) is 6.92 Å². The van der Waals surface area contributed by atoms with Crippen LogP contribution in [0.4, 0.5) is 4.79 Å². The highest BCUT2D eigenvalue weighted by Gasteiger charge is 2.02. The van der Waals surface area contributed by atoms with Gasteiger partial charge < -0.3 is 10.6 Å². The zero-order chi connectivity index (χ0) is 8.15. The van der Waals surface area contributed by atoms with Gasteiger partial charge in [0.25, 0.3) is 0 Å². The summed E-state index contributed by atoms with van der Waals surface area (Å²) in [6.45, 7) is 4.72. The van der Waals surface area contributed by atoms with E-state index in [1.807, 2.05) is 0 Å². The molecule has 0 rings (SSSR count). The molecule has 0 aromatic heterocycles. The Labute approximate surface area is 57.8 Å². The molecule has 0 saturated heterocycles. The summed E-state index contributed by atoms with van der Waals surface area (Å²) in [4.78, 5) is 24.5. The van der Waals surface area contributed by atoms with Crippen LogP contribution in [0.5, 0.6) is 0 Å². The predicted molar refractivity (Wildman–Crippen MR) is 33.6 cm³/mol. The van der Waals surface area contributed by atoms with Crippen molar-refractivity contribution in [3.8, 4) is 0 Å². The molecule has 0 aliphatic rings. The van der Waals surface area contributed by atoms with Crippen molar-refractivity contribution in [1.82, 2.24) is 5.48 Å². The summed E-state index contributed by atoms with van der Waals surface area (Å²) in [6.07, 6.45) is 0. The second kappa shape index (κ2) is 3.49. The first-order chi connectivity index (χ1) is 4.54. The molecule has 0 radical (unpaired) electrons. The van der Waals surface area contributed by atoms with Crippen molar-refractivity contribution in [3.63, 3.8) is 0 Å². The minimum Gasteiger partial charge on any atom is -0.349 e. The van der Waals surface area contributed by atoms with Gasteiger partial charge in [0.1, 0.15) is 0 Å². The Hall–Kier alpha value is -1.52. The van der Waals surface area contributed by atoms with Crippen LogP contribution in [0, 0.1) is 0 Å². The van der Waals surface area contributed by atoms with Crippen molar-refractivity contribution in [2.24, 2.45) is 5.73 Å². The van der Waals surface area contributed by atoms with Crippen LogP contribution in [-0.4, -0.2) is 12.0 Å². The van der Waals surface area contributed by atoms with Crippen molar-refractivity contribution in [3.05, 3.63) is 12.2 Å². The Morgan fingerprint density at radius 3 is 2.40 bits per heavy atom. The van der Waals surface area contributed by atoms with Crippen LogP contribution in [-0.2, 0) is 9.63 Å². The lowest BCUT2D eigenvalue weighted by Crippen LogP contribution is -2.31. The number of rotatable bonds is 1. The number of hydrogen-bond acceptors (Lipinski definition) is 3. The maximum atomic E-state index is 10.5. The molecule has 0 aliphatic carbocycles. The third kappa shape index (κ3) is 3.48. The summed E-state index contributed by atoms with van der Waals surface area (Å²) in [7, 11) is 0. The SMILES string of the molecule is C=C(C)C(=O)ONC(N)=O. The van der Waals surface area contributed by atoms with Gasteiger partial charge in [-0.25, -0.2) is 9.59 Å². The fourth-order valence-corrected chi connectivity index (χ4v) is 0.184. The highest BCUT2D eigenvalue weighted by Crippen LogP contribution is 1.87. The lowest BCUT2D eigenvalue weighted by molar-refractivity contribution is -0.143. The van der Waals surface area contributed by atoms with Gasteiger partial charge in [0.2, 0.25) is 0 Å². The van der Waals surface area contributed by atoms with Gasteiger partial charge >= 0.3 is 12.0 Å². The van der Waals surface area contributed by atoms with Gasteiger partial charge in [0.05, 0.1) is 0 Å². The van der Waals surface area contributed by atoms with Gasteiger partial charge in [-0.3, -0.25) is 0 Å². The maximum absolute atomic E-state index is 10.5. The van der Waals surface area contributed by atoms with Crippen molar-refractivity contribution in [2.75, 3.05) is 0 Å². The van der Waals surface area contributed by atoms with Crippen LogP contribution in [0.3, 0.4) is 0 Å². The molecular formula is C5H8N2O3. The van der Waals surface area contributed by atoms with E-state index in [0.717, 1.165) is 0 Å². The molecule has 3 N–H and O–H groups in total. The summed E-state index contributed by atoms with van der Waals surface area (Å²) in [5.74, 6) is -0.709. The molecule has 0 aromatic rings. The standard InChI is InChI=1S/C5H8N2O3/c1-3(2)4(8)10-7-5(6)9/h1H2,2H3,(H3,6,7,9). The van der Waals surface area contributed by atoms with Crippen LogP contribution in [0.1, 0.15) is 6.92 Å². The van der Waals surface area contributed by atoms with Crippen molar-refractivity contribution in [2.45, 2.75) is 6.92 Å². The fourth-order valence-electron chi connectivity index (χ4n) is 0.184. The molecule has 0 saturated carbocycles. The Morgan fingerprint density at radius 2 is 2.10 bits per heavy atom. The Morgan fingerprint density at radius 1 is 1.60 bits per heavy atom. The number of nitrogens with two attached hydrogens (primary N) is 1. The van der Waals surface area contributed by atoms with E-state index in [1.54, 1.807) is 5.48 Å². The van der Waals surface area contributed by atoms with E-state index in [0.29, 0.717) is 0 Å². The largest absolute Gasteiger partial charge is 0.358 e. The average molecular weight is 144 g/mol. The summed E-state index contributed by atoms with van der Waals surface area (Å²) in [5.41, 5.74) is 6.43. The molecule has 10 heavy (non-hydrogen) atoms. The highest BCUT2D eigenvalue weighted by molar-refractivity contribution is 5.87. The van der Waals surface area contributed by atoms with Gasteiger partial charge in [-0.15, -0.1) is 0 Å². The lowest BCUT2D eigenvalue weighted by atomic mass is 10.4. The number of nitrogens with one attached hydrogen (secondary N) is 1. The number of urea groups is 1. The van der Waals surface area contributed by atoms with Crippen molar-refractivity contribution >= 4 is 12.0 Å². The van der Waals surface area contributed by atoms with Crippen LogP contribution < -0.4 is 11.2 Å². The summed E-state index contributed by atoms with van der Waals surface area (Å²) in [5, 5.41) is 0. The summed E-state index contributed by atoms with van der Waals surface area (Å²) in [6, 6.07) is -0.922. The van der Waals surface area contributed by atoms with Crippen LogP contribution in [0.15, 0.2) is 12.2 Å². The minimum absolute atomic E-state index is 0.189. The molecule has 0 aliphatic heterocycles. The van der Waals surface area contributed by atoms with Gasteiger partial charge in [0.15, 0.2) is 0 Å². The molecule has 0 aromatic carbocycles. The van der Waals surface area contributed by atoms with Gasteiger partial charge in [-0.2, -0.15) is 5.48 Å². The lowest BCUT2D eigenvalue weighted by Gasteiger charge is -2.00. The normalized spacial score (nSPS) is 8.10. The summed E-state index contributed by atoms with van der Waals surface area (Å²) >= 11 is 0. The van der Waals surface area contributed by atoms with Gasteiger partial charge in [-0.1, -0.05) is 6.58 Å². The first-order valence-electron chi connectivity index (χ1n) is 2.46. The van der Waals surface area contributed by atoms with E-state index in [9.17, 15) is 9.59 Å². The molecule has 2 amide bonds. The molecule has 5 heteroatoms. The second-order valence-electron chi connectivity index (χ2n) is 1.64. The number of hydroxylamine groups is 1. The second-order valence-corrected chi connectivity index (χ2v) is 1.64. The number of hydrogen-bond donors (Lipinski definition) is 2. The van der Waals surface area contributed by atoms with E-state index in [-0.39, 0.29) is 5.57 Å². The van der Waals surface area contributed by atoms with Crippen molar-refractivity contribution in [1.29, 1.82) is 0 Å². The molecule has 56 valence electrons. The topological polar surface area (TPSA) is 81.4 Å². The summed E-state index contributed by atoms with van der Waals surface area (Å²) < 4.78 is 0. The third-order valence-electron chi connectivity index (χ3n) is 0.593. The quantitative estimate of drug-likeness (QED) is 0.391. The zero-order valence-corrected chi connectivity index (χ0v) is 5.51. The molecule has 0 unspecified atom stereocenters. The molecule has 0 bridgehead atoms. The Balaban J connectivity index is 3.60. The fraction of sp³-hybridized carbons (Fsp3) is 0.200. The molecular weight excluding hydrogens is 136 g/mol. The number of carbonyl (C=O) groups is 2. The van der Waals surface area contributed by atoms with E-state index < -0.39 is 12.0 Å². The first-order valence-corrected chi connectivity index (χ1v) is 2.46. The Kier molecular flexibility index (Phi) is 2.96.